The zero-order valence-electron chi connectivity index (χ0n) is 13.5. The molecular weight excluding hydrogens is 342 g/mol. The molecule has 0 aliphatic heterocycles. The number of imidazole rings is 1. The molecule has 8 heteroatoms. The first-order valence-electron chi connectivity index (χ1n) is 7.64. The number of ether oxygens (including phenoxy) is 1. The molecule has 130 valence electrons. The molecule has 4 aromatic rings. The molecule has 0 atom stereocenters. The number of nitrogens with one attached hydrogen (secondary N) is 2. The van der Waals surface area contributed by atoms with E-state index in [0.29, 0.717) is 33.7 Å². The van der Waals surface area contributed by atoms with Crippen LogP contribution in [0.2, 0.25) is 0 Å². The molecule has 0 saturated heterocycles. The minimum atomic E-state index is -0.938. The topological polar surface area (TPSA) is 83.7 Å². The maximum atomic E-state index is 13.4. The van der Waals surface area contributed by atoms with Gasteiger partial charge in [0.05, 0.1) is 30.1 Å². The first-order valence-corrected chi connectivity index (χ1v) is 7.64. The fourth-order valence-electron chi connectivity index (χ4n) is 2.69. The highest BCUT2D eigenvalue weighted by molar-refractivity contribution is 5.98. The molecule has 2 aromatic carbocycles. The van der Waals surface area contributed by atoms with Crippen LogP contribution in [-0.4, -0.2) is 33.2 Å². The van der Waals surface area contributed by atoms with Crippen molar-refractivity contribution in [2.45, 2.75) is 0 Å². The van der Waals surface area contributed by atoms with E-state index in [0.717, 1.165) is 17.6 Å². The molecule has 2 heterocycles. The van der Waals surface area contributed by atoms with Gasteiger partial charge in [0.2, 0.25) is 0 Å². The Kier molecular flexibility index (Phi) is 3.72. The van der Waals surface area contributed by atoms with Gasteiger partial charge in [-0.2, -0.15) is 5.10 Å². The van der Waals surface area contributed by atoms with Gasteiger partial charge in [-0.05, 0) is 36.4 Å². The highest BCUT2D eigenvalue weighted by Crippen LogP contribution is 2.28. The SMILES string of the molecule is COC(=O)c1ccc2[nH]nc(-c3ncc(-c4ccc(F)c(F)c4)[nH]3)c2c1. The second-order valence-electron chi connectivity index (χ2n) is 5.60. The lowest BCUT2D eigenvalue weighted by molar-refractivity contribution is 0.0601. The van der Waals surface area contributed by atoms with Crippen LogP contribution in [0.5, 0.6) is 0 Å². The Morgan fingerprint density at radius 2 is 1.96 bits per heavy atom. The van der Waals surface area contributed by atoms with Gasteiger partial charge < -0.3 is 9.72 Å². The lowest BCUT2D eigenvalue weighted by atomic mass is 10.1. The van der Waals surface area contributed by atoms with Crippen LogP contribution in [0.25, 0.3) is 33.7 Å². The molecule has 26 heavy (non-hydrogen) atoms. The van der Waals surface area contributed by atoms with Crippen LogP contribution >= 0.6 is 0 Å². The Morgan fingerprint density at radius 1 is 1.12 bits per heavy atom. The van der Waals surface area contributed by atoms with Crippen molar-refractivity contribution in [3.05, 3.63) is 59.8 Å². The van der Waals surface area contributed by atoms with E-state index in [2.05, 4.69) is 20.2 Å². The van der Waals surface area contributed by atoms with Crippen molar-refractivity contribution in [2.75, 3.05) is 7.11 Å². The predicted octanol–water partition coefficient (Wildman–Crippen LogP) is 3.68. The molecule has 6 nitrogen and oxygen atoms in total. The minimum absolute atomic E-state index is 0.384. The first kappa shape index (κ1) is 15.9. The van der Waals surface area contributed by atoms with Gasteiger partial charge in [-0.1, -0.05) is 0 Å². The summed E-state index contributed by atoms with van der Waals surface area (Å²) in [4.78, 5) is 19.0. The maximum Gasteiger partial charge on any atom is 0.337 e. The van der Waals surface area contributed by atoms with E-state index < -0.39 is 17.6 Å². The zero-order chi connectivity index (χ0) is 18.3. The molecule has 4 rings (SSSR count). The molecule has 0 radical (unpaired) electrons. The van der Waals surface area contributed by atoms with Crippen molar-refractivity contribution in [2.24, 2.45) is 0 Å². The molecule has 2 N–H and O–H groups in total. The summed E-state index contributed by atoms with van der Waals surface area (Å²) in [5.74, 6) is -1.88. The molecular formula is C18H12F2N4O2. The number of aromatic amines is 2. The van der Waals surface area contributed by atoms with Gasteiger partial charge in [-0.3, -0.25) is 5.10 Å². The second-order valence-corrected chi connectivity index (χ2v) is 5.60. The number of nitrogens with zero attached hydrogens (tertiary/aromatic N) is 2. The number of aromatic nitrogens is 4. The Labute approximate surface area is 145 Å². The van der Waals surface area contributed by atoms with Crippen molar-refractivity contribution in [1.29, 1.82) is 0 Å². The van der Waals surface area contributed by atoms with Crippen LogP contribution in [0.15, 0.2) is 42.6 Å². The van der Waals surface area contributed by atoms with Crippen LogP contribution in [0.1, 0.15) is 10.4 Å². The van der Waals surface area contributed by atoms with Gasteiger partial charge in [0, 0.05) is 10.9 Å². The lowest BCUT2D eigenvalue weighted by Gasteiger charge is -2.00. The fourth-order valence-corrected chi connectivity index (χ4v) is 2.69. The average Bonchev–Trinajstić information content (AvgIpc) is 3.29. The van der Waals surface area contributed by atoms with Crippen molar-refractivity contribution in [1.82, 2.24) is 20.2 Å². The van der Waals surface area contributed by atoms with Gasteiger partial charge in [0.25, 0.3) is 0 Å². The number of fused-ring (bicyclic) bond motifs is 1. The summed E-state index contributed by atoms with van der Waals surface area (Å²) in [7, 11) is 1.31. The molecule has 2 aromatic heterocycles. The second kappa shape index (κ2) is 6.07. The zero-order valence-corrected chi connectivity index (χ0v) is 13.5. The Hall–Kier alpha value is -3.55. The summed E-state index contributed by atoms with van der Waals surface area (Å²) in [5.41, 5.74) is 2.57. The van der Waals surface area contributed by atoms with Crippen molar-refractivity contribution < 1.29 is 18.3 Å². The summed E-state index contributed by atoms with van der Waals surface area (Å²) in [6.07, 6.45) is 1.51. The third-order valence-electron chi connectivity index (χ3n) is 4.01. The van der Waals surface area contributed by atoms with E-state index in [4.69, 9.17) is 4.74 Å². The van der Waals surface area contributed by atoms with Gasteiger partial charge in [0.15, 0.2) is 17.5 Å². The minimum Gasteiger partial charge on any atom is -0.465 e. The maximum absolute atomic E-state index is 13.4. The van der Waals surface area contributed by atoms with Crippen molar-refractivity contribution in [3.8, 4) is 22.8 Å². The number of methoxy groups -OCH3 is 1. The quantitative estimate of drug-likeness (QED) is 0.550. The summed E-state index contributed by atoms with van der Waals surface area (Å²) < 4.78 is 31.3. The largest absolute Gasteiger partial charge is 0.465 e. The molecule has 0 saturated carbocycles. The van der Waals surface area contributed by atoms with E-state index in [1.807, 2.05) is 0 Å². The molecule has 0 bridgehead atoms. The Balaban J connectivity index is 1.77. The highest BCUT2D eigenvalue weighted by Gasteiger charge is 2.15. The Bertz CT molecular complexity index is 1130. The van der Waals surface area contributed by atoms with Gasteiger partial charge in [0.1, 0.15) is 5.69 Å². The van der Waals surface area contributed by atoms with E-state index in [9.17, 15) is 13.6 Å². The fraction of sp³-hybridized carbons (Fsp3) is 0.0556. The molecule has 0 amide bonds. The third kappa shape index (κ3) is 2.61. The van der Waals surface area contributed by atoms with E-state index >= 15 is 0 Å². The molecule has 0 aliphatic carbocycles. The van der Waals surface area contributed by atoms with Crippen LogP contribution in [0.4, 0.5) is 8.78 Å². The van der Waals surface area contributed by atoms with Gasteiger partial charge >= 0.3 is 5.97 Å². The molecule has 0 spiro atoms. The normalized spacial score (nSPS) is 11.0. The molecule has 0 aliphatic rings. The van der Waals surface area contributed by atoms with Crippen LogP contribution in [0, 0.1) is 11.6 Å². The summed E-state index contributed by atoms with van der Waals surface area (Å²) in [6, 6.07) is 8.60. The van der Waals surface area contributed by atoms with Crippen LogP contribution in [0.3, 0.4) is 0 Å². The van der Waals surface area contributed by atoms with Crippen LogP contribution < -0.4 is 0 Å². The van der Waals surface area contributed by atoms with E-state index in [-0.39, 0.29) is 0 Å². The molecule has 0 fully saturated rings. The highest BCUT2D eigenvalue weighted by atomic mass is 19.2. The summed E-state index contributed by atoms with van der Waals surface area (Å²) in [6.45, 7) is 0. The van der Waals surface area contributed by atoms with Crippen molar-refractivity contribution >= 4 is 16.9 Å². The molecule has 0 unspecified atom stereocenters. The van der Waals surface area contributed by atoms with E-state index in [1.165, 1.54) is 19.4 Å². The smallest absolute Gasteiger partial charge is 0.337 e. The first-order chi connectivity index (χ1) is 12.6. The number of carbonyl (C=O) groups is 1. The average molecular weight is 354 g/mol. The van der Waals surface area contributed by atoms with Gasteiger partial charge in [-0.25, -0.2) is 18.6 Å². The Morgan fingerprint density at radius 3 is 2.73 bits per heavy atom. The number of H-pyrrole nitrogens is 2. The van der Waals surface area contributed by atoms with Crippen molar-refractivity contribution in [3.63, 3.8) is 0 Å². The number of rotatable bonds is 3. The number of carbonyl (C=O) groups excluding carboxylic acids is 1. The number of hydrogen-bond donors (Lipinski definition) is 2. The number of esters is 1. The predicted molar refractivity (Wildman–Crippen MR) is 90.4 cm³/mol. The number of halogens is 2. The number of benzene rings is 2. The standard InChI is InChI=1S/C18H12F2N4O2/c1-26-18(25)10-3-5-14-11(6-10)16(24-23-14)17-21-8-15(22-17)9-2-4-12(19)13(20)7-9/h2-8H,1H3,(H,21,22)(H,23,24). The monoisotopic (exact) mass is 354 g/mol. The van der Waals surface area contributed by atoms with E-state index in [1.54, 1.807) is 18.2 Å². The lowest BCUT2D eigenvalue weighted by Crippen LogP contribution is -2.00. The number of hydrogen-bond acceptors (Lipinski definition) is 4. The van der Waals surface area contributed by atoms with Gasteiger partial charge in [-0.15, -0.1) is 0 Å². The third-order valence-corrected chi connectivity index (χ3v) is 4.01. The summed E-state index contributed by atoms with van der Waals surface area (Å²) >= 11 is 0. The van der Waals surface area contributed by atoms with Crippen LogP contribution in [-0.2, 0) is 4.74 Å². The summed E-state index contributed by atoms with van der Waals surface area (Å²) in [5, 5.41) is 7.77.